The molecular weight excluding hydrogens is 250 g/mol. The Morgan fingerprint density at radius 2 is 1.90 bits per heavy atom. The number of hydrogen-bond acceptors (Lipinski definition) is 3. The molecule has 5 nitrogen and oxygen atoms in total. The minimum Gasteiger partial charge on any atom is -0.323 e. The van der Waals surface area contributed by atoms with Gasteiger partial charge < -0.3 is 9.88 Å². The Kier molecular flexibility index (Phi) is 3.51. The Hall–Kier alpha value is -1.78. The molecule has 0 atom stereocenters. The number of aryl methyl sites for hydroxylation is 3. The van der Waals surface area contributed by atoms with E-state index in [1.807, 2.05) is 24.9 Å². The highest BCUT2D eigenvalue weighted by molar-refractivity contribution is 5.55. The summed E-state index contributed by atoms with van der Waals surface area (Å²) in [6.07, 6.45) is 10.7. The molecule has 0 amide bonds. The van der Waals surface area contributed by atoms with Crippen LogP contribution < -0.4 is 5.32 Å². The predicted octanol–water partition coefficient (Wildman–Crippen LogP) is 3.48. The summed E-state index contributed by atoms with van der Waals surface area (Å²) in [7, 11) is 1.94. The quantitative estimate of drug-likeness (QED) is 0.931. The van der Waals surface area contributed by atoms with Gasteiger partial charge >= 0.3 is 0 Å². The van der Waals surface area contributed by atoms with Crippen LogP contribution in [0.1, 0.15) is 49.5 Å². The fourth-order valence-corrected chi connectivity index (χ4v) is 3.09. The lowest BCUT2D eigenvalue weighted by Gasteiger charge is -2.24. The van der Waals surface area contributed by atoms with Gasteiger partial charge in [0.25, 0.3) is 0 Å². The van der Waals surface area contributed by atoms with Crippen molar-refractivity contribution in [2.45, 2.75) is 52.0 Å². The van der Waals surface area contributed by atoms with Crippen LogP contribution in [0.2, 0.25) is 0 Å². The van der Waals surface area contributed by atoms with Crippen LogP contribution in [0, 0.1) is 13.8 Å². The van der Waals surface area contributed by atoms with Crippen molar-refractivity contribution in [3.63, 3.8) is 0 Å². The molecule has 0 aromatic carbocycles. The van der Waals surface area contributed by atoms with E-state index in [9.17, 15) is 0 Å². The van der Waals surface area contributed by atoms with Crippen LogP contribution in [0.5, 0.6) is 0 Å². The fourth-order valence-electron chi connectivity index (χ4n) is 3.09. The van der Waals surface area contributed by atoms with Crippen molar-refractivity contribution in [2.75, 3.05) is 5.32 Å². The molecule has 0 aliphatic heterocycles. The molecule has 0 radical (unpaired) electrons. The average molecular weight is 273 g/mol. The van der Waals surface area contributed by atoms with Gasteiger partial charge in [-0.1, -0.05) is 19.3 Å². The third kappa shape index (κ3) is 2.57. The summed E-state index contributed by atoms with van der Waals surface area (Å²) in [5, 5.41) is 7.82. The molecule has 1 aliphatic carbocycles. The maximum absolute atomic E-state index is 4.65. The first-order valence-corrected chi connectivity index (χ1v) is 7.46. The van der Waals surface area contributed by atoms with Gasteiger partial charge in [-0.15, -0.1) is 0 Å². The largest absolute Gasteiger partial charge is 0.323 e. The normalized spacial score (nSPS) is 16.6. The molecule has 0 spiro atoms. The van der Waals surface area contributed by atoms with E-state index < -0.39 is 0 Å². The molecule has 1 N–H and O–H groups in total. The topological polar surface area (TPSA) is 47.7 Å². The monoisotopic (exact) mass is 273 g/mol. The molecule has 0 unspecified atom stereocenters. The van der Waals surface area contributed by atoms with E-state index in [0.717, 1.165) is 23.0 Å². The van der Waals surface area contributed by atoms with Crippen LogP contribution in [0.4, 0.5) is 11.6 Å². The van der Waals surface area contributed by atoms with Gasteiger partial charge in [0.05, 0.1) is 17.1 Å². The van der Waals surface area contributed by atoms with Crippen LogP contribution in [0.15, 0.2) is 12.4 Å². The molecule has 1 fully saturated rings. The molecule has 1 aliphatic rings. The highest BCUT2D eigenvalue weighted by Crippen LogP contribution is 2.32. The van der Waals surface area contributed by atoms with Crippen LogP contribution >= 0.6 is 0 Å². The Balaban J connectivity index is 1.87. The first-order chi connectivity index (χ1) is 9.63. The second kappa shape index (κ2) is 5.31. The predicted molar refractivity (Wildman–Crippen MR) is 80.3 cm³/mol. The molecule has 3 rings (SSSR count). The van der Waals surface area contributed by atoms with E-state index in [0.29, 0.717) is 6.04 Å². The Labute approximate surface area is 120 Å². The molecule has 2 heterocycles. The van der Waals surface area contributed by atoms with E-state index >= 15 is 0 Å². The van der Waals surface area contributed by atoms with Crippen molar-refractivity contribution < 1.29 is 0 Å². The number of hydrogen-bond donors (Lipinski definition) is 1. The maximum Gasteiger partial charge on any atom is 0.207 e. The van der Waals surface area contributed by atoms with Gasteiger partial charge in [-0.3, -0.25) is 4.68 Å². The summed E-state index contributed by atoms with van der Waals surface area (Å²) in [5.41, 5.74) is 3.11. The first kappa shape index (κ1) is 13.2. The van der Waals surface area contributed by atoms with Gasteiger partial charge in [-0.05, 0) is 26.7 Å². The summed E-state index contributed by atoms with van der Waals surface area (Å²) in [5.74, 6) is 0.950. The van der Waals surface area contributed by atoms with E-state index in [4.69, 9.17) is 0 Å². The average Bonchev–Trinajstić information content (AvgIpc) is 2.94. The summed E-state index contributed by atoms with van der Waals surface area (Å²) in [4.78, 5) is 4.65. The summed E-state index contributed by atoms with van der Waals surface area (Å²) >= 11 is 0. The number of nitrogens with zero attached hydrogens (tertiary/aromatic N) is 4. The van der Waals surface area contributed by atoms with E-state index in [1.165, 1.54) is 32.1 Å². The Morgan fingerprint density at radius 3 is 2.55 bits per heavy atom. The van der Waals surface area contributed by atoms with Crippen molar-refractivity contribution in [3.05, 3.63) is 23.8 Å². The molecular formula is C15H23N5. The smallest absolute Gasteiger partial charge is 0.207 e. The lowest BCUT2D eigenvalue weighted by molar-refractivity contribution is 0.356. The Bertz CT molecular complexity index is 589. The fraction of sp³-hybridized carbons (Fsp3) is 0.600. The van der Waals surface area contributed by atoms with Crippen LogP contribution in [0.3, 0.4) is 0 Å². The number of anilines is 2. The summed E-state index contributed by atoms with van der Waals surface area (Å²) < 4.78 is 4.15. The second-order valence-electron chi connectivity index (χ2n) is 5.83. The lowest BCUT2D eigenvalue weighted by atomic mass is 9.95. The van der Waals surface area contributed by atoms with Gasteiger partial charge in [0.15, 0.2) is 0 Å². The molecule has 2 aromatic heterocycles. The zero-order valence-electron chi connectivity index (χ0n) is 12.6. The number of nitrogens with one attached hydrogen (secondary N) is 1. The zero-order chi connectivity index (χ0) is 14.1. The molecule has 5 heteroatoms. The van der Waals surface area contributed by atoms with Gasteiger partial charge in [0, 0.05) is 25.5 Å². The second-order valence-corrected chi connectivity index (χ2v) is 5.83. The summed E-state index contributed by atoms with van der Waals surface area (Å²) in [6.45, 7) is 4.07. The molecule has 2 aromatic rings. The van der Waals surface area contributed by atoms with Crippen molar-refractivity contribution in [2.24, 2.45) is 7.05 Å². The third-order valence-electron chi connectivity index (χ3n) is 4.08. The molecule has 108 valence electrons. The van der Waals surface area contributed by atoms with Crippen molar-refractivity contribution in [3.8, 4) is 0 Å². The maximum atomic E-state index is 4.65. The SMILES string of the molecule is Cc1cn(C2CCCCC2)c(Nc2cn(C)nc2C)n1. The number of aromatic nitrogens is 4. The van der Waals surface area contributed by atoms with Gasteiger partial charge in [-0.2, -0.15) is 5.10 Å². The van der Waals surface area contributed by atoms with Crippen molar-refractivity contribution in [1.82, 2.24) is 19.3 Å². The molecule has 20 heavy (non-hydrogen) atoms. The molecule has 1 saturated carbocycles. The molecule has 0 bridgehead atoms. The molecule has 0 saturated heterocycles. The van der Waals surface area contributed by atoms with E-state index in [2.05, 4.69) is 33.1 Å². The van der Waals surface area contributed by atoms with Crippen LogP contribution in [-0.2, 0) is 7.05 Å². The minimum atomic E-state index is 0.587. The van der Waals surface area contributed by atoms with Crippen molar-refractivity contribution >= 4 is 11.6 Å². The van der Waals surface area contributed by atoms with E-state index in [1.54, 1.807) is 0 Å². The highest BCUT2D eigenvalue weighted by Gasteiger charge is 2.19. The van der Waals surface area contributed by atoms with E-state index in [-0.39, 0.29) is 0 Å². The van der Waals surface area contributed by atoms with Crippen molar-refractivity contribution in [1.29, 1.82) is 0 Å². The standard InChI is InChI=1S/C15H23N5/c1-11-9-20(13-7-5-4-6-8-13)15(16-11)17-14-10-19(3)18-12(14)2/h9-10,13H,4-8H2,1-3H3,(H,16,17). The Morgan fingerprint density at radius 1 is 1.15 bits per heavy atom. The zero-order valence-corrected chi connectivity index (χ0v) is 12.6. The van der Waals surface area contributed by atoms with Crippen LogP contribution in [0.25, 0.3) is 0 Å². The number of rotatable bonds is 3. The lowest BCUT2D eigenvalue weighted by Crippen LogP contribution is -2.14. The minimum absolute atomic E-state index is 0.587. The number of imidazole rings is 1. The first-order valence-electron chi connectivity index (χ1n) is 7.46. The van der Waals surface area contributed by atoms with Gasteiger partial charge in [-0.25, -0.2) is 4.98 Å². The van der Waals surface area contributed by atoms with Crippen LogP contribution in [-0.4, -0.2) is 19.3 Å². The highest BCUT2D eigenvalue weighted by atomic mass is 15.3. The summed E-state index contributed by atoms with van der Waals surface area (Å²) in [6, 6.07) is 0.587. The third-order valence-corrected chi connectivity index (χ3v) is 4.08. The van der Waals surface area contributed by atoms with Gasteiger partial charge in [0.2, 0.25) is 5.95 Å². The van der Waals surface area contributed by atoms with Gasteiger partial charge in [0.1, 0.15) is 0 Å².